The highest BCUT2D eigenvalue weighted by Gasteiger charge is 2.58. The second kappa shape index (κ2) is 36.4. The van der Waals surface area contributed by atoms with E-state index in [1.54, 1.807) is 0 Å². The maximum absolute atomic E-state index is 14.7. The minimum absolute atomic E-state index is 0.0689. The number of nitrogens with zero attached hydrogens (tertiary/aromatic N) is 17. The Balaban J connectivity index is 0.642. The zero-order valence-electron chi connectivity index (χ0n) is 65.8. The molecule has 16 rings (SSSR count). The molecule has 16 heterocycles. The molecule has 0 spiro atoms. The molecule has 0 radical (unpaired) electrons. The molecule has 5 unspecified atom stereocenters. The molecule has 0 amide bonds. The third-order valence-electron chi connectivity index (χ3n) is 20.8. The van der Waals surface area contributed by atoms with E-state index in [0.29, 0.717) is 4.57 Å². The number of anilines is 5. The molecule has 131 heavy (non-hydrogen) atoms. The number of aromatic amines is 3. The van der Waals surface area contributed by atoms with Crippen LogP contribution in [-0.2, 0) is 106 Å². The number of aliphatic hydroxyl groups excluding tert-OH is 6. The molecule has 26 N–H and O–H groups in total. The molecule has 10 aromatic heterocycles. The number of nitrogen functional groups attached to an aromatic ring is 5. The number of aryl methyl sites for hydroxylation is 1. The van der Waals surface area contributed by atoms with E-state index in [1.165, 1.54) is 6.92 Å². The van der Waals surface area contributed by atoms with Gasteiger partial charge in [-0.25, -0.2) is 76.9 Å². The average molecular weight is 1980 g/mol. The quantitative estimate of drug-likeness (QED) is 0.0167. The van der Waals surface area contributed by atoms with Crippen LogP contribution < -0.4 is 56.7 Å². The van der Waals surface area contributed by atoms with Crippen molar-refractivity contribution in [3.8, 4) is 0 Å². The van der Waals surface area contributed by atoms with Gasteiger partial charge in [-0.15, -0.1) is 0 Å². The summed E-state index contributed by atoms with van der Waals surface area (Å²) in [5, 5.41) is 70.8. The Kier molecular flexibility index (Phi) is 26.3. The van der Waals surface area contributed by atoms with Gasteiger partial charge in [-0.05, 0) is 13.0 Å². The highest BCUT2D eigenvalue weighted by Crippen LogP contribution is 2.57. The summed E-state index contributed by atoms with van der Waals surface area (Å²) < 4.78 is 183. The van der Waals surface area contributed by atoms with Crippen LogP contribution in [0.3, 0.4) is 0 Å². The second-order valence-electron chi connectivity index (χ2n) is 29.4. The largest absolute Gasteiger partial charge is 0.472 e. The molecule has 6 aliphatic heterocycles. The van der Waals surface area contributed by atoms with Gasteiger partial charge in [-0.2, -0.15) is 15.0 Å². The first-order valence-corrected chi connectivity index (χ1v) is 46.7. The van der Waals surface area contributed by atoms with Gasteiger partial charge < -0.3 is 122 Å². The number of hydrogen-bond donors (Lipinski definition) is 21. The number of H-pyrrole nitrogens is 3. The first-order valence-electron chi connectivity index (χ1n) is 37.7. The van der Waals surface area contributed by atoms with E-state index in [0.717, 1.165) is 79.3 Å². The number of aliphatic hydroxyl groups is 6. The topological polar surface area (TPSA) is 957 Å². The van der Waals surface area contributed by atoms with Crippen molar-refractivity contribution in [3.63, 3.8) is 0 Å². The lowest BCUT2D eigenvalue weighted by molar-refractivity contribution is -0.0646. The van der Waals surface area contributed by atoms with Gasteiger partial charge in [0, 0.05) is 24.4 Å². The van der Waals surface area contributed by atoms with E-state index < -0.39 is 284 Å². The number of imidazole rings is 4. The molecule has 0 aromatic carbocycles. The summed E-state index contributed by atoms with van der Waals surface area (Å²) >= 11 is 0. The van der Waals surface area contributed by atoms with Gasteiger partial charge in [0.25, 0.3) is 16.7 Å². The monoisotopic (exact) mass is 1980 g/mol. The molecule has 0 bridgehead atoms. The number of hydrogen-bond acceptors (Lipinski definition) is 50. The van der Waals surface area contributed by atoms with Gasteiger partial charge in [-0.1, -0.05) is 0 Å². The molecule has 0 aliphatic carbocycles. The SMILES string of the molecule is Cc1cn([C@H]2C[C@H](O)[C@@H](COP(=O)(O)O[C@H]3[C@@H](O)[C@H](n4cnc5c(=O)[nH]c(N)nc54)O[C@@H]3COP(=O)(O)O[C@H]3[C@@H](O)[C@H](n4cnc5c(=O)[nH]c(N)nc54)O[C@@H]3COP(=O)(O)O[C@H]3[C@@H](O)[C@H](n4cnc5c(N)ncnc54)O[C@@H]3COP(=O)(O)O[C@H]3[C@@H](O)[C@H](n4cnc5c(N)ncnc54)O[C@@H]3COP(=O)(O)O[C@H]3[C@@H](O)[C@H](n4ccc(N)nc4=O)O[C@@H]3COP(=O)(O)O)O2)c(=O)[nH]c1=O. The number of rotatable bonds is 34. The van der Waals surface area contributed by atoms with Crippen molar-refractivity contribution in [3.05, 3.63) is 114 Å². The van der Waals surface area contributed by atoms with E-state index in [2.05, 4.69) is 74.3 Å². The average Bonchev–Trinajstić information content (AvgIpc) is 1.62. The van der Waals surface area contributed by atoms with Crippen LogP contribution >= 0.6 is 46.9 Å². The number of phosphoric ester groups is 6. The zero-order valence-corrected chi connectivity index (χ0v) is 71.2. The second-order valence-corrected chi connectivity index (χ2v) is 37.7. The fourth-order valence-electron chi connectivity index (χ4n) is 14.8. The number of ether oxygens (including phenoxy) is 6. The van der Waals surface area contributed by atoms with Crippen LogP contribution in [0.5, 0.6) is 0 Å². The lowest BCUT2D eigenvalue weighted by Crippen LogP contribution is -2.39. The molecule has 28 atom stereocenters. The number of aromatic nitrogens is 20. The van der Waals surface area contributed by atoms with Gasteiger partial charge in [0.1, 0.15) is 133 Å². The molecular weight excluding hydrogens is 1900 g/mol. The molecule has 10 aromatic rings. The molecule has 6 aliphatic rings. The van der Waals surface area contributed by atoms with Crippen LogP contribution in [0.15, 0.2) is 80.4 Å². The minimum atomic E-state index is -6.03. The maximum atomic E-state index is 14.7. The predicted molar refractivity (Wildman–Crippen MR) is 419 cm³/mol. The Morgan fingerprint density at radius 3 is 1.08 bits per heavy atom. The Morgan fingerprint density at radius 1 is 0.397 bits per heavy atom. The van der Waals surface area contributed by atoms with Crippen LogP contribution in [0.2, 0.25) is 0 Å². The summed E-state index contributed by atoms with van der Waals surface area (Å²) in [5.41, 5.74) is 22.4. The molecule has 0 saturated carbocycles. The summed E-state index contributed by atoms with van der Waals surface area (Å²) in [6.45, 7) is -6.42. The summed E-state index contributed by atoms with van der Waals surface area (Å²) in [5.74, 6) is -1.79. The van der Waals surface area contributed by atoms with Gasteiger partial charge in [-0.3, -0.25) is 106 Å². The molecular formula is C59H75N25O41P6. The van der Waals surface area contributed by atoms with Gasteiger partial charge >= 0.3 is 58.3 Å². The normalized spacial score (nSPS) is 31.2. The van der Waals surface area contributed by atoms with E-state index in [1.807, 2.05) is 0 Å². The highest BCUT2D eigenvalue weighted by atomic mass is 31.2. The van der Waals surface area contributed by atoms with Crippen molar-refractivity contribution in [2.45, 2.75) is 154 Å². The van der Waals surface area contributed by atoms with E-state index in [-0.39, 0.29) is 57.4 Å². The Hall–Kier alpha value is -9.46. The lowest BCUT2D eigenvalue weighted by atomic mass is 10.1. The number of nitrogens with one attached hydrogen (secondary N) is 3. The summed E-state index contributed by atoms with van der Waals surface area (Å²) in [6.07, 6.45) is -39.9. The van der Waals surface area contributed by atoms with Crippen LogP contribution in [0, 0.1) is 6.92 Å². The van der Waals surface area contributed by atoms with E-state index in [4.69, 9.17) is 102 Å². The van der Waals surface area contributed by atoms with Crippen molar-refractivity contribution < 1.29 is 170 Å². The van der Waals surface area contributed by atoms with Gasteiger partial charge in [0.2, 0.25) is 11.9 Å². The smallest absolute Gasteiger partial charge is 0.390 e. The molecule has 72 heteroatoms. The standard InChI is InChI=1S/C59H75N25O41P6/c1-18-5-80(59(95)78-48(18)91)27-4-19(85)20(115-27)6-110-127(99,100)122-40-24(119-54(35(40)89)83-16-71-30-46(83)74-56(63)76-49(30)92)10-114-131(107,108)125-41-25(120-55(36(41)90)84-17-72-31-47(84)75-57(64)77-50(31)93)11-113-130(105,106)124-39-23(118-53(34(39)88)82-15-70-29-43(62)66-13-68-45(29)82)9-112-129(103,104)123-38-22(117-52(33(38)87)81-14-69-28-42(61)65-12-67-44(28)81)8-111-128(101,102)121-37-21(7-109-126(96,97)98)116-51(32(37)86)79-3-2-26(60)73-58(79)94/h2-3,5,12-17,19-25,27,32-41,51-55,85-90H,4,6-11H2,1H3,(H,99,100)(H,101,102)(H,103,104)(H,105,106)(H,107,108)(H2,60,73,94)(H2,61,65,67)(H2,62,66,68)(H,78,91,95)(H2,96,97,98)(H3,63,74,76,92)(H3,64,75,77,93)/t19-,20+,21+,22+,23+,24+,25+,27+,32+,33+,34+,35+,36+,37+,38+,39+,40+,41+,51+,52+,53+,54+,55+/m0/s1. The molecule has 66 nitrogen and oxygen atoms in total. The number of phosphoric acid groups is 6. The Bertz CT molecular complexity index is 6640. The predicted octanol–water partition coefficient (Wildman–Crippen LogP) is -7.48. The third kappa shape index (κ3) is 19.8. The fourth-order valence-corrected chi connectivity index (χ4v) is 20.0. The van der Waals surface area contributed by atoms with Crippen LogP contribution in [-0.4, -0.2) is 305 Å². The Labute approximate surface area is 722 Å². The summed E-state index contributed by atoms with van der Waals surface area (Å²) in [4.78, 5) is 191. The zero-order chi connectivity index (χ0) is 93.9. The first-order chi connectivity index (χ1) is 61.7. The third-order valence-corrected chi connectivity index (χ3v) is 26.2. The van der Waals surface area contributed by atoms with Gasteiger partial charge in [0.15, 0.2) is 76.4 Å². The van der Waals surface area contributed by atoms with Crippen molar-refractivity contribution in [1.29, 1.82) is 0 Å². The number of fused-ring (bicyclic) bond motifs is 4. The van der Waals surface area contributed by atoms with Gasteiger partial charge in [0.05, 0.1) is 71.1 Å². The summed E-state index contributed by atoms with van der Waals surface area (Å²) in [7, 11) is -34.8. The van der Waals surface area contributed by atoms with Crippen LogP contribution in [0.4, 0.5) is 29.4 Å². The summed E-state index contributed by atoms with van der Waals surface area (Å²) in [6, 6.07) is 1.07. The Morgan fingerprint density at radius 2 is 0.725 bits per heavy atom. The maximum Gasteiger partial charge on any atom is 0.472 e. The first kappa shape index (κ1) is 94.7. The minimum Gasteiger partial charge on any atom is -0.390 e. The highest BCUT2D eigenvalue weighted by molar-refractivity contribution is 7.48. The lowest BCUT2D eigenvalue weighted by Gasteiger charge is -2.27. The molecule has 6 saturated heterocycles. The van der Waals surface area contributed by atoms with E-state index >= 15 is 0 Å². The van der Waals surface area contributed by atoms with Crippen LogP contribution in [0.25, 0.3) is 44.7 Å². The van der Waals surface area contributed by atoms with Crippen LogP contribution in [0.1, 0.15) is 49.4 Å². The van der Waals surface area contributed by atoms with Crippen molar-refractivity contribution in [2.24, 2.45) is 0 Å². The van der Waals surface area contributed by atoms with Crippen molar-refractivity contribution in [1.82, 2.24) is 97.2 Å². The van der Waals surface area contributed by atoms with Crippen molar-refractivity contribution in [2.75, 3.05) is 68.3 Å². The molecule has 712 valence electrons. The van der Waals surface area contributed by atoms with E-state index in [9.17, 15) is 116 Å². The molecule has 6 fully saturated rings. The fraction of sp³-hybridized carbons (Fsp3) is 0.525. The number of nitrogens with two attached hydrogens (primary N) is 5. The van der Waals surface area contributed by atoms with Crippen molar-refractivity contribution >= 4 is 121 Å².